The molecular weight excluding hydrogens is 218 g/mol. The first-order chi connectivity index (χ1) is 8.81. The number of benzene rings is 2. The summed E-state index contributed by atoms with van der Waals surface area (Å²) in [5.41, 5.74) is 4.80. The van der Waals surface area contributed by atoms with Gasteiger partial charge in [-0.1, -0.05) is 48.5 Å². The molecule has 2 aromatic carbocycles. The summed E-state index contributed by atoms with van der Waals surface area (Å²) in [5.74, 6) is 0. The number of fused-ring (bicyclic) bond motifs is 1. The number of hydrogen-bond donors (Lipinski definition) is 0. The first-order valence-electron chi connectivity index (χ1n) is 6.21. The van der Waals surface area contributed by atoms with Gasteiger partial charge in [-0.25, -0.2) is 0 Å². The molecule has 3 rings (SSSR count). The Morgan fingerprint density at radius 3 is 2.44 bits per heavy atom. The van der Waals surface area contributed by atoms with Crippen molar-refractivity contribution in [1.29, 1.82) is 0 Å². The fourth-order valence-electron chi connectivity index (χ4n) is 2.21. The Balaban J connectivity index is 1.98. The number of aromatic nitrogens is 1. The van der Waals surface area contributed by atoms with Crippen molar-refractivity contribution in [1.82, 2.24) is 4.98 Å². The van der Waals surface area contributed by atoms with E-state index in [9.17, 15) is 0 Å². The number of pyridine rings is 1. The Kier molecular flexibility index (Phi) is 2.81. The summed E-state index contributed by atoms with van der Waals surface area (Å²) in [5, 5.41) is 1.21. The van der Waals surface area contributed by atoms with E-state index in [-0.39, 0.29) is 0 Å². The summed E-state index contributed by atoms with van der Waals surface area (Å²) in [6.07, 6.45) is 0.965. The van der Waals surface area contributed by atoms with E-state index in [1.54, 1.807) is 0 Å². The lowest BCUT2D eigenvalue weighted by Crippen LogP contribution is -1.89. The van der Waals surface area contributed by atoms with Crippen LogP contribution in [0.3, 0.4) is 0 Å². The van der Waals surface area contributed by atoms with E-state index in [2.05, 4.69) is 65.6 Å². The zero-order chi connectivity index (χ0) is 12.4. The Morgan fingerprint density at radius 2 is 1.61 bits per heavy atom. The van der Waals surface area contributed by atoms with E-state index in [0.29, 0.717) is 0 Å². The Hall–Kier alpha value is -2.15. The number of aryl methyl sites for hydroxylation is 1. The Labute approximate surface area is 107 Å². The summed E-state index contributed by atoms with van der Waals surface area (Å²) in [4.78, 5) is 4.58. The highest BCUT2D eigenvalue weighted by Crippen LogP contribution is 2.17. The van der Waals surface area contributed by atoms with E-state index >= 15 is 0 Å². The van der Waals surface area contributed by atoms with Gasteiger partial charge >= 0.3 is 0 Å². The lowest BCUT2D eigenvalue weighted by atomic mass is 10.0. The minimum atomic E-state index is 0.965. The highest BCUT2D eigenvalue weighted by molar-refractivity contribution is 5.79. The van der Waals surface area contributed by atoms with Crippen molar-refractivity contribution in [3.05, 3.63) is 77.5 Å². The fraction of sp³-hybridized carbons (Fsp3) is 0.118. The van der Waals surface area contributed by atoms with E-state index < -0.39 is 0 Å². The second kappa shape index (κ2) is 4.61. The van der Waals surface area contributed by atoms with Crippen LogP contribution in [0, 0.1) is 6.92 Å². The van der Waals surface area contributed by atoms with Gasteiger partial charge in [0.1, 0.15) is 0 Å². The van der Waals surface area contributed by atoms with Crippen LogP contribution < -0.4 is 0 Å². The fourth-order valence-corrected chi connectivity index (χ4v) is 2.21. The van der Waals surface area contributed by atoms with E-state index in [0.717, 1.165) is 17.6 Å². The second-order valence-corrected chi connectivity index (χ2v) is 4.64. The van der Waals surface area contributed by atoms with Gasteiger partial charge in [0.2, 0.25) is 0 Å². The largest absolute Gasteiger partial charge is 0.253 e. The molecule has 1 aromatic heterocycles. The molecule has 0 aliphatic carbocycles. The first kappa shape index (κ1) is 11.0. The van der Waals surface area contributed by atoms with Crippen LogP contribution in [0.4, 0.5) is 0 Å². The minimum absolute atomic E-state index is 0.965. The summed E-state index contributed by atoms with van der Waals surface area (Å²) >= 11 is 0. The SMILES string of the molecule is Cc1ccc2ccc(Cc3ccccc3)cc2n1. The molecule has 0 fully saturated rings. The molecule has 0 aliphatic rings. The van der Waals surface area contributed by atoms with Gasteiger partial charge in [-0.15, -0.1) is 0 Å². The molecule has 0 saturated carbocycles. The minimum Gasteiger partial charge on any atom is -0.253 e. The van der Waals surface area contributed by atoms with Crippen LogP contribution in [-0.4, -0.2) is 4.98 Å². The van der Waals surface area contributed by atoms with Gasteiger partial charge < -0.3 is 0 Å². The Morgan fingerprint density at radius 1 is 0.833 bits per heavy atom. The van der Waals surface area contributed by atoms with Crippen LogP contribution in [0.15, 0.2) is 60.7 Å². The smallest absolute Gasteiger partial charge is 0.0708 e. The maximum atomic E-state index is 4.58. The lowest BCUT2D eigenvalue weighted by Gasteiger charge is -2.04. The van der Waals surface area contributed by atoms with Crippen LogP contribution in [0.25, 0.3) is 10.9 Å². The van der Waals surface area contributed by atoms with Gasteiger partial charge in [0, 0.05) is 11.1 Å². The van der Waals surface area contributed by atoms with Crippen molar-refractivity contribution < 1.29 is 0 Å². The summed E-state index contributed by atoms with van der Waals surface area (Å²) < 4.78 is 0. The quantitative estimate of drug-likeness (QED) is 0.648. The molecule has 1 heteroatoms. The van der Waals surface area contributed by atoms with Gasteiger partial charge in [-0.3, -0.25) is 4.98 Å². The van der Waals surface area contributed by atoms with E-state index in [4.69, 9.17) is 0 Å². The van der Waals surface area contributed by atoms with Crippen molar-refractivity contribution in [2.45, 2.75) is 13.3 Å². The predicted octanol–water partition coefficient (Wildman–Crippen LogP) is 4.13. The second-order valence-electron chi connectivity index (χ2n) is 4.64. The molecule has 0 bridgehead atoms. The van der Waals surface area contributed by atoms with E-state index in [1.807, 2.05) is 6.92 Å². The highest BCUT2D eigenvalue weighted by Gasteiger charge is 1.99. The zero-order valence-corrected chi connectivity index (χ0v) is 10.4. The molecule has 0 unspecified atom stereocenters. The molecular formula is C17H15N. The standard InChI is InChI=1S/C17H15N/c1-13-7-9-16-10-8-15(12-17(16)18-13)11-14-5-3-2-4-6-14/h2-10,12H,11H2,1H3. The van der Waals surface area contributed by atoms with Crippen LogP contribution in [-0.2, 0) is 6.42 Å². The van der Waals surface area contributed by atoms with Gasteiger partial charge in [0.05, 0.1) is 5.52 Å². The molecule has 18 heavy (non-hydrogen) atoms. The summed E-state index contributed by atoms with van der Waals surface area (Å²) in [6, 6.07) is 21.2. The zero-order valence-electron chi connectivity index (χ0n) is 10.4. The molecule has 3 aromatic rings. The van der Waals surface area contributed by atoms with E-state index in [1.165, 1.54) is 16.5 Å². The molecule has 0 amide bonds. The Bertz CT molecular complexity index is 672. The molecule has 0 saturated heterocycles. The van der Waals surface area contributed by atoms with Gasteiger partial charge in [-0.2, -0.15) is 0 Å². The average molecular weight is 233 g/mol. The van der Waals surface area contributed by atoms with Crippen LogP contribution in [0.1, 0.15) is 16.8 Å². The van der Waals surface area contributed by atoms with Crippen molar-refractivity contribution in [3.8, 4) is 0 Å². The van der Waals surface area contributed by atoms with Crippen molar-refractivity contribution in [3.63, 3.8) is 0 Å². The maximum absolute atomic E-state index is 4.58. The molecule has 0 N–H and O–H groups in total. The molecule has 1 heterocycles. The third kappa shape index (κ3) is 2.25. The van der Waals surface area contributed by atoms with Gasteiger partial charge in [0.15, 0.2) is 0 Å². The topological polar surface area (TPSA) is 12.9 Å². The predicted molar refractivity (Wildman–Crippen MR) is 75.7 cm³/mol. The molecule has 88 valence electrons. The monoisotopic (exact) mass is 233 g/mol. The van der Waals surface area contributed by atoms with Crippen LogP contribution >= 0.6 is 0 Å². The number of rotatable bonds is 2. The van der Waals surface area contributed by atoms with Gasteiger partial charge in [0.25, 0.3) is 0 Å². The van der Waals surface area contributed by atoms with Crippen molar-refractivity contribution in [2.75, 3.05) is 0 Å². The van der Waals surface area contributed by atoms with Gasteiger partial charge in [-0.05, 0) is 36.6 Å². The van der Waals surface area contributed by atoms with Crippen LogP contribution in [0.2, 0.25) is 0 Å². The third-order valence-corrected chi connectivity index (χ3v) is 3.15. The molecule has 0 radical (unpaired) electrons. The number of nitrogens with zero attached hydrogens (tertiary/aromatic N) is 1. The number of hydrogen-bond acceptors (Lipinski definition) is 1. The molecule has 0 spiro atoms. The maximum Gasteiger partial charge on any atom is 0.0708 e. The normalized spacial score (nSPS) is 10.7. The third-order valence-electron chi connectivity index (χ3n) is 3.15. The van der Waals surface area contributed by atoms with Crippen molar-refractivity contribution in [2.24, 2.45) is 0 Å². The molecule has 0 atom stereocenters. The first-order valence-corrected chi connectivity index (χ1v) is 6.21. The van der Waals surface area contributed by atoms with Crippen LogP contribution in [0.5, 0.6) is 0 Å². The summed E-state index contributed by atoms with van der Waals surface area (Å²) in [6.45, 7) is 2.03. The molecule has 1 nitrogen and oxygen atoms in total. The average Bonchev–Trinajstić information content (AvgIpc) is 2.39. The lowest BCUT2D eigenvalue weighted by molar-refractivity contribution is 1.19. The molecule has 0 aliphatic heterocycles. The summed E-state index contributed by atoms with van der Waals surface area (Å²) in [7, 11) is 0. The highest BCUT2D eigenvalue weighted by atomic mass is 14.7. The van der Waals surface area contributed by atoms with Crippen molar-refractivity contribution >= 4 is 10.9 Å².